The second kappa shape index (κ2) is 10.5. The topological polar surface area (TPSA) is 91.4 Å². The molecule has 3 rings (SSSR count). The number of pyridine rings is 1. The predicted octanol–water partition coefficient (Wildman–Crippen LogP) is 4.49. The molecule has 1 heterocycles. The minimum Gasteiger partial charge on any atom is -0.345 e. The lowest BCUT2D eigenvalue weighted by Gasteiger charge is -2.19. The zero-order valence-electron chi connectivity index (χ0n) is 18.7. The van der Waals surface area contributed by atoms with E-state index in [2.05, 4.69) is 15.6 Å². The van der Waals surface area contributed by atoms with Crippen molar-refractivity contribution in [3.63, 3.8) is 0 Å². The summed E-state index contributed by atoms with van der Waals surface area (Å²) in [6.45, 7) is 6.18. The second-order valence-electron chi connectivity index (χ2n) is 7.39. The number of hydrogen-bond donors (Lipinski definition) is 2. The van der Waals surface area contributed by atoms with Crippen LogP contribution in [0.25, 0.3) is 0 Å². The van der Waals surface area contributed by atoms with E-state index in [1.165, 1.54) is 22.6 Å². The number of rotatable bonds is 9. The van der Waals surface area contributed by atoms with Crippen LogP contribution in [0.15, 0.2) is 71.8 Å². The Morgan fingerprint density at radius 3 is 2.39 bits per heavy atom. The summed E-state index contributed by atoms with van der Waals surface area (Å²) in [7, 11) is -3.55. The highest BCUT2D eigenvalue weighted by Gasteiger charge is 2.22. The quantitative estimate of drug-likeness (QED) is 0.481. The van der Waals surface area contributed by atoms with Gasteiger partial charge in [0.1, 0.15) is 11.6 Å². The molecule has 0 aliphatic rings. The molecule has 0 aliphatic carbocycles. The average molecular weight is 471 g/mol. The molecule has 3 aromatic rings. The van der Waals surface area contributed by atoms with E-state index in [4.69, 9.17) is 0 Å². The molecular weight excluding hydrogens is 443 g/mol. The first-order valence-electron chi connectivity index (χ1n) is 10.6. The van der Waals surface area contributed by atoms with Crippen LogP contribution in [0.4, 0.5) is 15.9 Å². The van der Waals surface area contributed by atoms with Crippen molar-refractivity contribution >= 4 is 27.4 Å². The van der Waals surface area contributed by atoms with Crippen molar-refractivity contribution in [3.05, 3.63) is 83.8 Å². The van der Waals surface area contributed by atoms with E-state index in [1.54, 1.807) is 62.4 Å². The predicted molar refractivity (Wildman–Crippen MR) is 126 cm³/mol. The van der Waals surface area contributed by atoms with Crippen LogP contribution in [-0.4, -0.2) is 36.7 Å². The first-order chi connectivity index (χ1) is 15.8. The van der Waals surface area contributed by atoms with Gasteiger partial charge in [0.05, 0.1) is 16.5 Å². The SMILES string of the molecule is CCN(CC)S(=O)(=O)c1ccc(C(C)NC(=O)c2cccnc2Nc2cccc(F)c2)cc1. The summed E-state index contributed by atoms with van der Waals surface area (Å²) < 4.78 is 40.2. The molecule has 7 nitrogen and oxygen atoms in total. The van der Waals surface area contributed by atoms with Crippen LogP contribution in [0.3, 0.4) is 0 Å². The fraction of sp³-hybridized carbons (Fsp3) is 0.250. The number of sulfonamides is 1. The Hall–Kier alpha value is -3.30. The Morgan fingerprint density at radius 1 is 1.06 bits per heavy atom. The first-order valence-corrected chi connectivity index (χ1v) is 12.1. The zero-order chi connectivity index (χ0) is 24.0. The van der Waals surface area contributed by atoms with Gasteiger partial charge in [0.25, 0.3) is 5.91 Å². The van der Waals surface area contributed by atoms with Gasteiger partial charge in [-0.25, -0.2) is 17.8 Å². The number of benzene rings is 2. The van der Waals surface area contributed by atoms with Crippen LogP contribution in [-0.2, 0) is 10.0 Å². The highest BCUT2D eigenvalue weighted by molar-refractivity contribution is 7.89. The number of carbonyl (C=O) groups is 1. The summed E-state index contributed by atoms with van der Waals surface area (Å²) in [5, 5.41) is 5.87. The first kappa shape index (κ1) is 24.3. The number of carbonyl (C=O) groups excluding carboxylic acids is 1. The van der Waals surface area contributed by atoms with Crippen molar-refractivity contribution in [1.29, 1.82) is 0 Å². The van der Waals surface area contributed by atoms with E-state index in [0.717, 1.165) is 5.56 Å². The van der Waals surface area contributed by atoms with Crippen LogP contribution < -0.4 is 10.6 Å². The van der Waals surface area contributed by atoms with Gasteiger partial charge in [-0.15, -0.1) is 0 Å². The fourth-order valence-electron chi connectivity index (χ4n) is 3.39. The van der Waals surface area contributed by atoms with E-state index in [-0.39, 0.29) is 16.8 Å². The van der Waals surface area contributed by atoms with Crippen LogP contribution in [0.1, 0.15) is 42.7 Å². The van der Waals surface area contributed by atoms with Crippen molar-refractivity contribution in [3.8, 4) is 0 Å². The Balaban J connectivity index is 1.75. The number of halogens is 1. The second-order valence-corrected chi connectivity index (χ2v) is 9.33. The van der Waals surface area contributed by atoms with Gasteiger partial charge in [0, 0.05) is 25.0 Å². The molecule has 0 saturated heterocycles. The van der Waals surface area contributed by atoms with Gasteiger partial charge in [-0.05, 0) is 55.0 Å². The molecule has 0 fully saturated rings. The molecular formula is C24H27FN4O3S. The maximum absolute atomic E-state index is 13.5. The lowest BCUT2D eigenvalue weighted by atomic mass is 10.1. The maximum atomic E-state index is 13.5. The summed E-state index contributed by atoms with van der Waals surface area (Å²) in [6, 6.07) is 15.2. The number of hydrogen-bond acceptors (Lipinski definition) is 5. The summed E-state index contributed by atoms with van der Waals surface area (Å²) in [5.41, 5.74) is 1.53. The lowest BCUT2D eigenvalue weighted by Crippen LogP contribution is -2.30. The highest BCUT2D eigenvalue weighted by atomic mass is 32.2. The molecule has 0 saturated carbocycles. The smallest absolute Gasteiger partial charge is 0.255 e. The molecule has 1 atom stereocenters. The Morgan fingerprint density at radius 2 is 1.76 bits per heavy atom. The summed E-state index contributed by atoms with van der Waals surface area (Å²) in [6.07, 6.45) is 1.54. The Kier molecular flexibility index (Phi) is 7.78. The van der Waals surface area contributed by atoms with Crippen LogP contribution >= 0.6 is 0 Å². The van der Waals surface area contributed by atoms with E-state index in [1.807, 2.05) is 6.92 Å². The molecule has 1 amide bonds. The Bertz CT molecular complexity index is 1210. The summed E-state index contributed by atoms with van der Waals surface area (Å²) in [5.74, 6) is -0.468. The molecule has 1 unspecified atom stereocenters. The average Bonchev–Trinajstić information content (AvgIpc) is 2.80. The van der Waals surface area contributed by atoms with Gasteiger partial charge < -0.3 is 10.6 Å². The van der Waals surface area contributed by atoms with Gasteiger partial charge >= 0.3 is 0 Å². The highest BCUT2D eigenvalue weighted by Crippen LogP contribution is 2.22. The standard InChI is InChI=1S/C24H27FN4O3S/c1-4-29(5-2)33(31,32)21-13-11-18(12-14-21)17(3)27-24(30)22-10-7-15-26-23(22)28-20-9-6-8-19(25)16-20/h6-17H,4-5H2,1-3H3,(H,26,28)(H,27,30). The van der Waals surface area contributed by atoms with Gasteiger partial charge in [0.15, 0.2) is 0 Å². The number of nitrogens with one attached hydrogen (secondary N) is 2. The van der Waals surface area contributed by atoms with Crippen molar-refractivity contribution < 1.29 is 17.6 Å². The van der Waals surface area contributed by atoms with Gasteiger partial charge in [-0.1, -0.05) is 32.0 Å². The number of aromatic nitrogens is 1. The zero-order valence-corrected chi connectivity index (χ0v) is 19.6. The van der Waals surface area contributed by atoms with Crippen molar-refractivity contribution in [2.45, 2.75) is 31.7 Å². The van der Waals surface area contributed by atoms with E-state index in [9.17, 15) is 17.6 Å². The van der Waals surface area contributed by atoms with Gasteiger partial charge in [-0.2, -0.15) is 4.31 Å². The molecule has 2 N–H and O–H groups in total. The van der Waals surface area contributed by atoms with E-state index >= 15 is 0 Å². The molecule has 1 aromatic heterocycles. The number of amides is 1. The lowest BCUT2D eigenvalue weighted by molar-refractivity contribution is 0.0940. The maximum Gasteiger partial charge on any atom is 0.255 e. The molecule has 0 aliphatic heterocycles. The van der Waals surface area contributed by atoms with Crippen molar-refractivity contribution in [2.24, 2.45) is 0 Å². The third kappa shape index (κ3) is 5.74. The van der Waals surface area contributed by atoms with Crippen molar-refractivity contribution in [2.75, 3.05) is 18.4 Å². The van der Waals surface area contributed by atoms with Crippen LogP contribution in [0, 0.1) is 5.82 Å². The van der Waals surface area contributed by atoms with Crippen molar-refractivity contribution in [1.82, 2.24) is 14.6 Å². The minimum absolute atomic E-state index is 0.210. The monoisotopic (exact) mass is 470 g/mol. The van der Waals surface area contributed by atoms with Gasteiger partial charge in [0.2, 0.25) is 10.0 Å². The molecule has 0 spiro atoms. The Labute approximate surface area is 193 Å². The number of nitrogens with zero attached hydrogens (tertiary/aromatic N) is 2. The molecule has 0 bridgehead atoms. The van der Waals surface area contributed by atoms with E-state index in [0.29, 0.717) is 30.2 Å². The minimum atomic E-state index is -3.55. The van der Waals surface area contributed by atoms with E-state index < -0.39 is 15.8 Å². The van der Waals surface area contributed by atoms with Gasteiger partial charge in [-0.3, -0.25) is 4.79 Å². The normalized spacial score (nSPS) is 12.4. The molecule has 174 valence electrons. The fourth-order valence-corrected chi connectivity index (χ4v) is 4.85. The third-order valence-corrected chi connectivity index (χ3v) is 7.27. The van der Waals surface area contributed by atoms with Crippen LogP contribution in [0.2, 0.25) is 0 Å². The molecule has 33 heavy (non-hydrogen) atoms. The van der Waals surface area contributed by atoms with Crippen LogP contribution in [0.5, 0.6) is 0 Å². The largest absolute Gasteiger partial charge is 0.345 e. The number of anilines is 2. The summed E-state index contributed by atoms with van der Waals surface area (Å²) in [4.78, 5) is 17.4. The molecule has 9 heteroatoms. The molecule has 0 radical (unpaired) electrons. The molecule has 2 aromatic carbocycles. The third-order valence-electron chi connectivity index (χ3n) is 5.21. The summed E-state index contributed by atoms with van der Waals surface area (Å²) >= 11 is 0.